The fourth-order valence-electron chi connectivity index (χ4n) is 3.57. The number of nitrogens with zero attached hydrogens (tertiary/aromatic N) is 1. The van der Waals surface area contributed by atoms with E-state index in [4.69, 9.17) is 9.47 Å². The summed E-state index contributed by atoms with van der Waals surface area (Å²) in [5, 5.41) is 3.05. The fraction of sp³-hybridized carbons (Fsp3) is 0.435. The number of likely N-dealkylation sites (tertiary alicyclic amines) is 1. The lowest BCUT2D eigenvalue weighted by Crippen LogP contribution is -2.38. The molecule has 1 amide bonds. The molecule has 5 nitrogen and oxygen atoms in total. The van der Waals surface area contributed by atoms with E-state index in [9.17, 15) is 4.79 Å². The van der Waals surface area contributed by atoms with E-state index in [0.717, 1.165) is 25.3 Å². The van der Waals surface area contributed by atoms with E-state index in [-0.39, 0.29) is 18.6 Å². The van der Waals surface area contributed by atoms with Crippen LogP contribution >= 0.6 is 0 Å². The number of hydrogen-bond acceptors (Lipinski definition) is 4. The van der Waals surface area contributed by atoms with Gasteiger partial charge < -0.3 is 14.8 Å². The van der Waals surface area contributed by atoms with Crippen LogP contribution in [0, 0.1) is 0 Å². The van der Waals surface area contributed by atoms with Gasteiger partial charge in [-0.2, -0.15) is 0 Å². The van der Waals surface area contributed by atoms with Crippen LogP contribution in [0.3, 0.4) is 0 Å². The van der Waals surface area contributed by atoms with E-state index >= 15 is 0 Å². The first-order valence-electron chi connectivity index (χ1n) is 10.1. The van der Waals surface area contributed by atoms with E-state index < -0.39 is 0 Å². The number of aryl methyl sites for hydroxylation is 1. The maximum Gasteiger partial charge on any atom is 0.258 e. The molecule has 0 radical (unpaired) electrons. The van der Waals surface area contributed by atoms with Crippen molar-refractivity contribution in [1.82, 2.24) is 10.2 Å². The van der Waals surface area contributed by atoms with Gasteiger partial charge in [-0.05, 0) is 67.7 Å². The predicted octanol–water partition coefficient (Wildman–Crippen LogP) is 3.59. The van der Waals surface area contributed by atoms with Crippen molar-refractivity contribution in [2.75, 3.05) is 33.4 Å². The first kappa shape index (κ1) is 20.2. The van der Waals surface area contributed by atoms with Gasteiger partial charge in [0.25, 0.3) is 5.91 Å². The zero-order valence-corrected chi connectivity index (χ0v) is 16.8. The van der Waals surface area contributed by atoms with Crippen LogP contribution in [-0.4, -0.2) is 44.2 Å². The van der Waals surface area contributed by atoms with E-state index in [2.05, 4.69) is 41.4 Å². The summed E-state index contributed by atoms with van der Waals surface area (Å²) in [5.41, 5.74) is 2.59. The third kappa shape index (κ3) is 5.49. The molecule has 1 saturated heterocycles. The molecule has 0 bridgehead atoms. The number of amides is 1. The van der Waals surface area contributed by atoms with Crippen LogP contribution in [-0.2, 0) is 11.2 Å². The molecule has 2 aromatic rings. The quantitative estimate of drug-likeness (QED) is 0.720. The summed E-state index contributed by atoms with van der Waals surface area (Å²) < 4.78 is 10.7. The molecule has 3 rings (SSSR count). The van der Waals surface area contributed by atoms with E-state index in [1.54, 1.807) is 19.2 Å². The highest BCUT2D eigenvalue weighted by Crippen LogP contribution is 2.25. The lowest BCUT2D eigenvalue weighted by molar-refractivity contribution is -0.123. The van der Waals surface area contributed by atoms with Crippen LogP contribution in [0.5, 0.6) is 11.5 Å². The number of rotatable bonds is 9. The summed E-state index contributed by atoms with van der Waals surface area (Å²) in [6, 6.07) is 16.2. The van der Waals surface area contributed by atoms with Gasteiger partial charge in [0.2, 0.25) is 0 Å². The second-order valence-corrected chi connectivity index (χ2v) is 7.12. The molecule has 1 aliphatic rings. The molecule has 0 aromatic heterocycles. The van der Waals surface area contributed by atoms with E-state index in [0.29, 0.717) is 12.3 Å². The molecule has 0 unspecified atom stereocenters. The normalized spacial score (nSPS) is 15.2. The number of carbonyl (C=O) groups is 1. The molecule has 0 saturated carbocycles. The van der Waals surface area contributed by atoms with Crippen molar-refractivity contribution in [1.29, 1.82) is 0 Å². The van der Waals surface area contributed by atoms with Crippen LogP contribution in [0.2, 0.25) is 0 Å². The molecule has 1 fully saturated rings. The maximum atomic E-state index is 12.3. The largest absolute Gasteiger partial charge is 0.497 e. The van der Waals surface area contributed by atoms with Gasteiger partial charge in [0.1, 0.15) is 11.5 Å². The van der Waals surface area contributed by atoms with Gasteiger partial charge in [0.15, 0.2) is 6.61 Å². The highest BCUT2D eigenvalue weighted by Gasteiger charge is 2.24. The van der Waals surface area contributed by atoms with Crippen molar-refractivity contribution in [2.45, 2.75) is 32.2 Å². The Kier molecular flexibility index (Phi) is 7.31. The van der Waals surface area contributed by atoms with Crippen molar-refractivity contribution in [2.24, 2.45) is 0 Å². The van der Waals surface area contributed by atoms with Crippen molar-refractivity contribution >= 4 is 5.91 Å². The summed E-state index contributed by atoms with van der Waals surface area (Å²) in [5.74, 6) is 1.31. The van der Waals surface area contributed by atoms with Crippen LogP contribution < -0.4 is 14.8 Å². The highest BCUT2D eigenvalue weighted by atomic mass is 16.5. The average molecular weight is 383 g/mol. The summed E-state index contributed by atoms with van der Waals surface area (Å²) in [7, 11) is 1.62. The van der Waals surface area contributed by atoms with Gasteiger partial charge in [-0.15, -0.1) is 0 Å². The fourth-order valence-corrected chi connectivity index (χ4v) is 3.57. The Morgan fingerprint density at radius 2 is 1.68 bits per heavy atom. The summed E-state index contributed by atoms with van der Waals surface area (Å²) in [6.45, 7) is 4.93. The Hall–Kier alpha value is -2.53. The first-order valence-corrected chi connectivity index (χ1v) is 10.1. The lowest BCUT2D eigenvalue weighted by Gasteiger charge is -2.28. The first-order chi connectivity index (χ1) is 13.7. The minimum Gasteiger partial charge on any atom is -0.497 e. The van der Waals surface area contributed by atoms with Crippen LogP contribution in [0.15, 0.2) is 48.5 Å². The Bertz CT molecular complexity index is 737. The molecular formula is C23H30N2O3. The molecule has 5 heteroatoms. The molecule has 1 aliphatic heterocycles. The van der Waals surface area contributed by atoms with E-state index in [1.165, 1.54) is 24.0 Å². The van der Waals surface area contributed by atoms with Crippen LogP contribution in [0.25, 0.3) is 0 Å². The summed E-state index contributed by atoms with van der Waals surface area (Å²) in [6.07, 6.45) is 3.48. The van der Waals surface area contributed by atoms with Crippen LogP contribution in [0.4, 0.5) is 0 Å². The number of hydrogen-bond donors (Lipinski definition) is 1. The molecule has 28 heavy (non-hydrogen) atoms. The second kappa shape index (κ2) is 10.1. The van der Waals surface area contributed by atoms with Crippen molar-refractivity contribution in [3.63, 3.8) is 0 Å². The molecule has 0 aliphatic carbocycles. The number of nitrogens with one attached hydrogen (secondary N) is 1. The van der Waals surface area contributed by atoms with Crippen molar-refractivity contribution < 1.29 is 14.3 Å². The van der Waals surface area contributed by atoms with Crippen LogP contribution in [0.1, 0.15) is 36.9 Å². The monoisotopic (exact) mass is 382 g/mol. The van der Waals surface area contributed by atoms with Gasteiger partial charge >= 0.3 is 0 Å². The standard InChI is InChI=1S/C23H30N2O3/c1-3-18-6-8-19(9-7-18)22(25-14-4-5-15-25)16-24-23(26)17-28-21-12-10-20(27-2)11-13-21/h6-13,22H,3-5,14-17H2,1-2H3,(H,24,26)/t22-/m0/s1. The lowest BCUT2D eigenvalue weighted by atomic mass is 10.0. The van der Waals surface area contributed by atoms with E-state index in [1.807, 2.05) is 12.1 Å². The summed E-state index contributed by atoms with van der Waals surface area (Å²) in [4.78, 5) is 14.8. The topological polar surface area (TPSA) is 50.8 Å². The van der Waals surface area contributed by atoms with Crippen molar-refractivity contribution in [3.05, 3.63) is 59.7 Å². The zero-order valence-electron chi connectivity index (χ0n) is 16.8. The molecule has 1 atom stereocenters. The van der Waals surface area contributed by atoms with Crippen molar-refractivity contribution in [3.8, 4) is 11.5 Å². The molecular weight excluding hydrogens is 352 g/mol. The van der Waals surface area contributed by atoms with Gasteiger partial charge in [-0.25, -0.2) is 0 Å². The SMILES string of the molecule is CCc1ccc([C@H](CNC(=O)COc2ccc(OC)cc2)N2CCCC2)cc1. The number of benzene rings is 2. The predicted molar refractivity (Wildman–Crippen MR) is 111 cm³/mol. The Morgan fingerprint density at radius 3 is 2.29 bits per heavy atom. The smallest absolute Gasteiger partial charge is 0.258 e. The number of methoxy groups -OCH3 is 1. The maximum absolute atomic E-state index is 12.3. The third-order valence-corrected chi connectivity index (χ3v) is 5.28. The van der Waals surface area contributed by atoms with Gasteiger partial charge in [0.05, 0.1) is 13.2 Å². The molecule has 2 aromatic carbocycles. The van der Waals surface area contributed by atoms with Gasteiger partial charge in [0, 0.05) is 6.54 Å². The Labute approximate surface area is 167 Å². The minimum atomic E-state index is -0.106. The third-order valence-electron chi connectivity index (χ3n) is 5.28. The van der Waals surface area contributed by atoms with Gasteiger partial charge in [-0.3, -0.25) is 9.69 Å². The van der Waals surface area contributed by atoms with Gasteiger partial charge in [-0.1, -0.05) is 31.2 Å². The Morgan fingerprint density at radius 1 is 1.04 bits per heavy atom. The molecule has 1 heterocycles. The minimum absolute atomic E-state index is 0.00776. The second-order valence-electron chi connectivity index (χ2n) is 7.12. The number of carbonyl (C=O) groups excluding carboxylic acids is 1. The molecule has 1 N–H and O–H groups in total. The zero-order chi connectivity index (χ0) is 19.8. The Balaban J connectivity index is 1.55. The summed E-state index contributed by atoms with van der Waals surface area (Å²) >= 11 is 0. The highest BCUT2D eigenvalue weighted by molar-refractivity contribution is 5.77. The number of ether oxygens (including phenoxy) is 2. The molecule has 0 spiro atoms. The average Bonchev–Trinajstić information content (AvgIpc) is 3.28. The molecule has 150 valence electrons.